The Bertz CT molecular complexity index is 1150. The maximum atomic E-state index is 6.23. The van der Waals surface area contributed by atoms with E-state index >= 15 is 0 Å². The zero-order valence-electron chi connectivity index (χ0n) is 25.3. The second-order valence-corrected chi connectivity index (χ2v) is 10.6. The van der Waals surface area contributed by atoms with Gasteiger partial charge in [-0.25, -0.2) is 0 Å². The third-order valence-corrected chi connectivity index (χ3v) is 6.58. The molecule has 0 aliphatic heterocycles. The molecule has 0 radical (unpaired) electrons. The van der Waals surface area contributed by atoms with E-state index in [9.17, 15) is 0 Å². The number of allylic oxidation sites excluding steroid dienone is 3. The Morgan fingerprint density at radius 2 is 1.68 bits per heavy atom. The van der Waals surface area contributed by atoms with Crippen molar-refractivity contribution in [1.29, 1.82) is 0 Å². The molecule has 0 saturated heterocycles. The SMILES string of the molecule is C=C(C)CCC.CCC=N/C(C)=C/CC.CCCCc1c([C@@H](C)c2ccc(C)cc2)[nH]c2ccc(Cl)cc12. The van der Waals surface area contributed by atoms with E-state index in [2.05, 4.69) is 107 Å². The largest absolute Gasteiger partial charge is 0.358 e. The van der Waals surface area contributed by atoms with Crippen LogP contribution in [0.25, 0.3) is 10.9 Å². The average molecular weight is 535 g/mol. The van der Waals surface area contributed by atoms with Crippen molar-refractivity contribution in [2.75, 3.05) is 0 Å². The monoisotopic (exact) mass is 534 g/mol. The number of hydrogen-bond acceptors (Lipinski definition) is 1. The van der Waals surface area contributed by atoms with Crippen LogP contribution in [0.3, 0.4) is 0 Å². The zero-order valence-corrected chi connectivity index (χ0v) is 26.0. The summed E-state index contributed by atoms with van der Waals surface area (Å²) in [5.74, 6) is 0.355. The number of hydrogen-bond donors (Lipinski definition) is 1. The second-order valence-electron chi connectivity index (χ2n) is 10.1. The smallest absolute Gasteiger partial charge is 0.0460 e. The minimum absolute atomic E-state index is 0.355. The number of H-pyrrole nitrogens is 1. The van der Waals surface area contributed by atoms with Crippen molar-refractivity contribution < 1.29 is 0 Å². The molecule has 3 rings (SSSR count). The Morgan fingerprint density at radius 1 is 1.00 bits per heavy atom. The van der Waals surface area contributed by atoms with E-state index in [0.29, 0.717) is 5.92 Å². The summed E-state index contributed by atoms with van der Waals surface area (Å²) in [5.41, 5.74) is 9.02. The number of aromatic amines is 1. The van der Waals surface area contributed by atoms with Gasteiger partial charge in [0.1, 0.15) is 0 Å². The molecular formula is C35H51ClN2. The first-order valence-electron chi connectivity index (χ1n) is 14.4. The number of aliphatic imine (C=N–C) groups is 1. The van der Waals surface area contributed by atoms with Gasteiger partial charge in [-0.1, -0.05) is 101 Å². The normalized spacial score (nSPS) is 12.1. The van der Waals surface area contributed by atoms with Crippen LogP contribution >= 0.6 is 11.6 Å². The van der Waals surface area contributed by atoms with E-state index in [1.807, 2.05) is 19.2 Å². The summed E-state index contributed by atoms with van der Waals surface area (Å²) in [7, 11) is 0. The maximum Gasteiger partial charge on any atom is 0.0460 e. The van der Waals surface area contributed by atoms with Crippen LogP contribution in [0.15, 0.2) is 71.4 Å². The molecule has 0 aliphatic carbocycles. The van der Waals surface area contributed by atoms with Gasteiger partial charge < -0.3 is 4.98 Å². The highest BCUT2D eigenvalue weighted by Crippen LogP contribution is 2.34. The standard InChI is InChI=1S/C21H24ClN.C8H15N.C6H12/c1-4-5-6-18-19-13-17(22)11-12-20(19)23-21(18)15(3)16-9-7-14(2)8-10-16;1-4-6-8(3)9-7-5-2;1-4-5-6(2)3/h7-13,15,23H,4-6H2,1-3H3;6-7H,4-5H2,1-3H3;2,4-5H2,1,3H3/b;8-6+,9-7?;/t15-;;/m0../s1. The molecule has 1 atom stereocenters. The van der Waals surface area contributed by atoms with Gasteiger partial charge in [-0.05, 0) is 82.2 Å². The van der Waals surface area contributed by atoms with E-state index in [1.165, 1.54) is 64.5 Å². The zero-order chi connectivity index (χ0) is 28.5. The Morgan fingerprint density at radius 3 is 2.21 bits per heavy atom. The Kier molecular flexibility index (Phi) is 16.4. The Balaban J connectivity index is 0.000000399. The predicted octanol–water partition coefficient (Wildman–Crippen LogP) is 11.8. The highest BCUT2D eigenvalue weighted by molar-refractivity contribution is 6.31. The van der Waals surface area contributed by atoms with E-state index in [0.717, 1.165) is 30.0 Å². The molecule has 3 aromatic rings. The molecule has 1 N–H and O–H groups in total. The lowest BCUT2D eigenvalue weighted by Gasteiger charge is -2.14. The first-order chi connectivity index (χ1) is 18.2. The fourth-order valence-corrected chi connectivity index (χ4v) is 4.44. The molecule has 0 unspecified atom stereocenters. The van der Waals surface area contributed by atoms with Crippen LogP contribution in [0.5, 0.6) is 0 Å². The van der Waals surface area contributed by atoms with Crippen molar-refractivity contribution >= 4 is 28.7 Å². The molecule has 0 aliphatic rings. The number of benzene rings is 2. The maximum absolute atomic E-state index is 6.23. The molecule has 0 spiro atoms. The van der Waals surface area contributed by atoms with Crippen molar-refractivity contribution in [2.45, 2.75) is 106 Å². The van der Waals surface area contributed by atoms with Crippen LogP contribution in [0.4, 0.5) is 0 Å². The number of nitrogens with one attached hydrogen (secondary N) is 1. The van der Waals surface area contributed by atoms with Crippen LogP contribution in [0, 0.1) is 6.92 Å². The van der Waals surface area contributed by atoms with Crippen LogP contribution < -0.4 is 0 Å². The van der Waals surface area contributed by atoms with Gasteiger partial charge in [0, 0.05) is 39.4 Å². The third-order valence-electron chi connectivity index (χ3n) is 6.35. The number of unbranched alkanes of at least 4 members (excludes halogenated alkanes) is 1. The third kappa shape index (κ3) is 11.9. The topological polar surface area (TPSA) is 28.1 Å². The molecule has 3 heteroatoms. The number of fused-ring (bicyclic) bond motifs is 1. The van der Waals surface area contributed by atoms with Gasteiger partial charge >= 0.3 is 0 Å². The molecule has 208 valence electrons. The molecular weight excluding hydrogens is 484 g/mol. The highest BCUT2D eigenvalue weighted by Gasteiger charge is 2.18. The number of aromatic nitrogens is 1. The predicted molar refractivity (Wildman–Crippen MR) is 173 cm³/mol. The second kappa shape index (κ2) is 18.6. The summed E-state index contributed by atoms with van der Waals surface area (Å²) in [6.45, 7) is 20.8. The molecule has 1 aromatic heterocycles. The molecule has 0 fully saturated rings. The lowest BCUT2D eigenvalue weighted by Crippen LogP contribution is -2.01. The summed E-state index contributed by atoms with van der Waals surface area (Å²) in [5, 5.41) is 2.09. The number of halogens is 1. The van der Waals surface area contributed by atoms with Gasteiger partial charge in [-0.2, -0.15) is 0 Å². The average Bonchev–Trinajstić information content (AvgIpc) is 3.24. The van der Waals surface area contributed by atoms with E-state index < -0.39 is 0 Å². The first kappa shape index (κ1) is 33.4. The minimum atomic E-state index is 0.355. The minimum Gasteiger partial charge on any atom is -0.358 e. The number of nitrogens with zero attached hydrogens (tertiary/aromatic N) is 1. The van der Waals surface area contributed by atoms with Crippen LogP contribution in [0.2, 0.25) is 5.02 Å². The van der Waals surface area contributed by atoms with Crippen molar-refractivity contribution in [1.82, 2.24) is 4.98 Å². The molecule has 1 heterocycles. The lowest BCUT2D eigenvalue weighted by molar-refractivity contribution is 0.775. The van der Waals surface area contributed by atoms with E-state index in [4.69, 9.17) is 11.6 Å². The van der Waals surface area contributed by atoms with Gasteiger partial charge in [0.15, 0.2) is 0 Å². The van der Waals surface area contributed by atoms with Crippen molar-refractivity contribution in [3.63, 3.8) is 0 Å². The van der Waals surface area contributed by atoms with Crippen molar-refractivity contribution in [3.05, 3.63) is 93.8 Å². The molecule has 0 saturated carbocycles. The quantitative estimate of drug-likeness (QED) is 0.198. The number of rotatable bonds is 10. The number of aryl methyl sites for hydroxylation is 2. The summed E-state index contributed by atoms with van der Waals surface area (Å²) in [6.07, 6.45) is 12.1. The molecule has 38 heavy (non-hydrogen) atoms. The van der Waals surface area contributed by atoms with Gasteiger partial charge in [-0.15, -0.1) is 6.58 Å². The van der Waals surface area contributed by atoms with Crippen LogP contribution in [-0.4, -0.2) is 11.2 Å². The fraction of sp³-hybridized carbons (Fsp3) is 0.457. The van der Waals surface area contributed by atoms with Gasteiger partial charge in [0.25, 0.3) is 0 Å². The molecule has 0 amide bonds. The summed E-state index contributed by atoms with van der Waals surface area (Å²) >= 11 is 6.23. The van der Waals surface area contributed by atoms with Gasteiger partial charge in [0.05, 0.1) is 0 Å². The van der Waals surface area contributed by atoms with Crippen molar-refractivity contribution in [2.24, 2.45) is 4.99 Å². The van der Waals surface area contributed by atoms with E-state index in [1.54, 1.807) is 0 Å². The Labute approximate surface area is 238 Å². The fourth-order valence-electron chi connectivity index (χ4n) is 4.27. The summed E-state index contributed by atoms with van der Waals surface area (Å²) < 4.78 is 0. The van der Waals surface area contributed by atoms with Crippen LogP contribution in [0.1, 0.15) is 115 Å². The van der Waals surface area contributed by atoms with E-state index in [-0.39, 0.29) is 0 Å². The molecule has 2 aromatic carbocycles. The molecule has 0 bridgehead atoms. The van der Waals surface area contributed by atoms with Gasteiger partial charge in [-0.3, -0.25) is 4.99 Å². The van der Waals surface area contributed by atoms with Gasteiger partial charge in [0.2, 0.25) is 0 Å². The first-order valence-corrected chi connectivity index (χ1v) is 14.8. The summed E-state index contributed by atoms with van der Waals surface area (Å²) in [6, 6.07) is 15.0. The Hall–Kier alpha value is -2.58. The summed E-state index contributed by atoms with van der Waals surface area (Å²) in [4.78, 5) is 7.82. The highest BCUT2D eigenvalue weighted by atomic mass is 35.5. The van der Waals surface area contributed by atoms with Crippen LogP contribution in [-0.2, 0) is 6.42 Å². The van der Waals surface area contributed by atoms with Crippen molar-refractivity contribution in [3.8, 4) is 0 Å². The lowest BCUT2D eigenvalue weighted by atomic mass is 9.92. The molecule has 2 nitrogen and oxygen atoms in total.